The van der Waals surface area contributed by atoms with E-state index in [9.17, 15) is 5.11 Å². The van der Waals surface area contributed by atoms with Crippen molar-refractivity contribution in [1.82, 2.24) is 4.90 Å². The van der Waals surface area contributed by atoms with Crippen molar-refractivity contribution >= 4 is 0 Å². The number of rotatable bonds is 15. The summed E-state index contributed by atoms with van der Waals surface area (Å²) in [6.07, 6.45) is 13.8. The van der Waals surface area contributed by atoms with E-state index in [1.165, 1.54) is 69.8 Å². The Morgan fingerprint density at radius 1 is 0.739 bits per heavy atom. The number of benzene rings is 1. The average molecular weight is 320 g/mol. The lowest BCUT2D eigenvalue weighted by atomic mass is 10.1. The Labute approximate surface area is 143 Å². The van der Waals surface area contributed by atoms with Crippen LogP contribution in [-0.4, -0.2) is 29.7 Å². The summed E-state index contributed by atoms with van der Waals surface area (Å²) in [6, 6.07) is 10.6. The Kier molecular flexibility index (Phi) is 12.9. The van der Waals surface area contributed by atoms with Crippen LogP contribution in [-0.2, 0) is 6.54 Å². The minimum absolute atomic E-state index is 0.255. The van der Waals surface area contributed by atoms with Crippen LogP contribution in [0.15, 0.2) is 30.3 Å². The lowest BCUT2D eigenvalue weighted by molar-refractivity contribution is 0.187. The van der Waals surface area contributed by atoms with Crippen LogP contribution in [0.25, 0.3) is 0 Å². The van der Waals surface area contributed by atoms with E-state index in [2.05, 4.69) is 42.2 Å². The molecule has 0 radical (unpaired) electrons. The molecule has 2 heteroatoms. The molecule has 0 unspecified atom stereocenters. The molecule has 0 aliphatic rings. The standard InChI is InChI=1S/C21H37NO/c1-2-3-4-5-6-7-8-9-10-14-17-22(18-19-23)20-21-15-12-11-13-16-21/h11-13,15-16,23H,2-10,14,17-20H2,1H3. The van der Waals surface area contributed by atoms with Crippen LogP contribution in [0.1, 0.15) is 76.7 Å². The molecule has 0 amide bonds. The molecule has 1 aromatic rings. The Morgan fingerprint density at radius 2 is 1.30 bits per heavy atom. The second kappa shape index (κ2) is 14.7. The fourth-order valence-corrected chi connectivity index (χ4v) is 3.08. The first kappa shape index (κ1) is 20.2. The molecule has 0 saturated carbocycles. The summed E-state index contributed by atoms with van der Waals surface area (Å²) < 4.78 is 0. The number of aliphatic hydroxyl groups is 1. The van der Waals surface area contributed by atoms with Crippen LogP contribution in [0.4, 0.5) is 0 Å². The van der Waals surface area contributed by atoms with Crippen LogP contribution < -0.4 is 0 Å². The number of aliphatic hydroxyl groups excluding tert-OH is 1. The van der Waals surface area contributed by atoms with E-state index in [1.54, 1.807) is 0 Å². The molecule has 2 nitrogen and oxygen atoms in total. The van der Waals surface area contributed by atoms with Gasteiger partial charge in [-0.2, -0.15) is 0 Å². The van der Waals surface area contributed by atoms with E-state index < -0.39 is 0 Å². The van der Waals surface area contributed by atoms with Crippen molar-refractivity contribution < 1.29 is 5.11 Å². The lowest BCUT2D eigenvalue weighted by Gasteiger charge is -2.21. The van der Waals surface area contributed by atoms with E-state index in [1.807, 2.05) is 0 Å². The maximum atomic E-state index is 9.23. The highest BCUT2D eigenvalue weighted by Gasteiger charge is 2.05. The number of hydrogen-bond acceptors (Lipinski definition) is 2. The third kappa shape index (κ3) is 11.3. The van der Waals surface area contributed by atoms with Crippen molar-refractivity contribution in [1.29, 1.82) is 0 Å². The highest BCUT2D eigenvalue weighted by molar-refractivity contribution is 5.14. The average Bonchev–Trinajstić information content (AvgIpc) is 2.57. The fourth-order valence-electron chi connectivity index (χ4n) is 3.08. The zero-order valence-electron chi connectivity index (χ0n) is 15.2. The maximum absolute atomic E-state index is 9.23. The molecule has 1 N–H and O–H groups in total. The lowest BCUT2D eigenvalue weighted by Crippen LogP contribution is -2.27. The molecular formula is C21H37NO. The van der Waals surface area contributed by atoms with Gasteiger partial charge in [0.1, 0.15) is 0 Å². The normalized spacial score (nSPS) is 11.3. The molecule has 1 rings (SSSR count). The highest BCUT2D eigenvalue weighted by Crippen LogP contribution is 2.11. The van der Waals surface area contributed by atoms with Crippen LogP contribution >= 0.6 is 0 Å². The molecule has 0 bridgehead atoms. The van der Waals surface area contributed by atoms with Gasteiger partial charge in [-0.25, -0.2) is 0 Å². The van der Waals surface area contributed by atoms with Gasteiger partial charge in [0, 0.05) is 13.1 Å². The van der Waals surface area contributed by atoms with Gasteiger partial charge in [-0.05, 0) is 18.5 Å². The largest absolute Gasteiger partial charge is 0.395 e. The zero-order chi connectivity index (χ0) is 16.6. The minimum Gasteiger partial charge on any atom is -0.395 e. The zero-order valence-corrected chi connectivity index (χ0v) is 15.2. The Hall–Kier alpha value is -0.860. The second-order valence-corrected chi connectivity index (χ2v) is 6.67. The SMILES string of the molecule is CCCCCCCCCCCCN(CCO)Cc1ccccc1. The van der Waals surface area contributed by atoms with Gasteiger partial charge in [0.2, 0.25) is 0 Å². The molecule has 0 fully saturated rings. The molecule has 23 heavy (non-hydrogen) atoms. The highest BCUT2D eigenvalue weighted by atomic mass is 16.3. The predicted molar refractivity (Wildman–Crippen MR) is 101 cm³/mol. The van der Waals surface area contributed by atoms with Gasteiger partial charge in [0.05, 0.1) is 6.61 Å². The fraction of sp³-hybridized carbons (Fsp3) is 0.714. The third-order valence-electron chi connectivity index (χ3n) is 4.49. The van der Waals surface area contributed by atoms with Gasteiger partial charge in [0.25, 0.3) is 0 Å². The van der Waals surface area contributed by atoms with Gasteiger partial charge >= 0.3 is 0 Å². The van der Waals surface area contributed by atoms with Crippen LogP contribution in [0, 0.1) is 0 Å². The third-order valence-corrected chi connectivity index (χ3v) is 4.49. The van der Waals surface area contributed by atoms with E-state index in [-0.39, 0.29) is 6.61 Å². The van der Waals surface area contributed by atoms with Crippen molar-refractivity contribution in [2.24, 2.45) is 0 Å². The van der Waals surface area contributed by atoms with Crippen molar-refractivity contribution in [3.05, 3.63) is 35.9 Å². The molecule has 1 aromatic carbocycles. The summed E-state index contributed by atoms with van der Waals surface area (Å²) in [5, 5.41) is 9.23. The molecule has 0 aliphatic carbocycles. The molecular weight excluding hydrogens is 282 g/mol. The molecule has 0 heterocycles. The monoisotopic (exact) mass is 319 g/mol. The van der Waals surface area contributed by atoms with Crippen LogP contribution in [0.5, 0.6) is 0 Å². The van der Waals surface area contributed by atoms with Gasteiger partial charge in [0.15, 0.2) is 0 Å². The minimum atomic E-state index is 0.255. The molecule has 0 aromatic heterocycles. The van der Waals surface area contributed by atoms with E-state index in [0.717, 1.165) is 19.6 Å². The van der Waals surface area contributed by atoms with E-state index in [0.29, 0.717) is 0 Å². The van der Waals surface area contributed by atoms with Crippen LogP contribution in [0.2, 0.25) is 0 Å². The van der Waals surface area contributed by atoms with Gasteiger partial charge < -0.3 is 5.11 Å². The predicted octanol–water partition coefficient (Wildman–Crippen LogP) is 5.40. The quantitative estimate of drug-likeness (QED) is 0.437. The summed E-state index contributed by atoms with van der Waals surface area (Å²) in [7, 11) is 0. The van der Waals surface area contributed by atoms with Crippen molar-refractivity contribution in [2.75, 3.05) is 19.7 Å². The molecule has 0 aliphatic heterocycles. The van der Waals surface area contributed by atoms with Gasteiger partial charge in [-0.3, -0.25) is 4.90 Å². The number of hydrogen-bond donors (Lipinski definition) is 1. The van der Waals surface area contributed by atoms with E-state index >= 15 is 0 Å². The molecule has 0 atom stereocenters. The number of nitrogens with zero attached hydrogens (tertiary/aromatic N) is 1. The summed E-state index contributed by atoms with van der Waals surface area (Å²) in [4.78, 5) is 2.38. The summed E-state index contributed by atoms with van der Waals surface area (Å²) >= 11 is 0. The molecule has 0 saturated heterocycles. The molecule has 132 valence electrons. The van der Waals surface area contributed by atoms with E-state index in [4.69, 9.17) is 0 Å². The topological polar surface area (TPSA) is 23.5 Å². The molecule has 0 spiro atoms. The Bertz CT molecular complexity index is 352. The second-order valence-electron chi connectivity index (χ2n) is 6.67. The first-order valence-corrected chi connectivity index (χ1v) is 9.74. The Morgan fingerprint density at radius 3 is 1.87 bits per heavy atom. The number of unbranched alkanes of at least 4 members (excludes halogenated alkanes) is 9. The summed E-state index contributed by atoms with van der Waals surface area (Å²) in [5.41, 5.74) is 1.34. The summed E-state index contributed by atoms with van der Waals surface area (Å²) in [6.45, 7) is 5.37. The first-order chi connectivity index (χ1) is 11.4. The smallest absolute Gasteiger partial charge is 0.0558 e. The van der Waals surface area contributed by atoms with Gasteiger partial charge in [-0.1, -0.05) is 95.0 Å². The van der Waals surface area contributed by atoms with Crippen molar-refractivity contribution in [2.45, 2.75) is 77.7 Å². The van der Waals surface area contributed by atoms with Crippen molar-refractivity contribution in [3.63, 3.8) is 0 Å². The van der Waals surface area contributed by atoms with Gasteiger partial charge in [-0.15, -0.1) is 0 Å². The summed E-state index contributed by atoms with van der Waals surface area (Å²) in [5.74, 6) is 0. The maximum Gasteiger partial charge on any atom is 0.0558 e. The first-order valence-electron chi connectivity index (χ1n) is 9.74. The Balaban J connectivity index is 2.02. The van der Waals surface area contributed by atoms with Crippen molar-refractivity contribution in [3.8, 4) is 0 Å². The van der Waals surface area contributed by atoms with Crippen LogP contribution in [0.3, 0.4) is 0 Å².